The number of hydrogen-bond acceptors (Lipinski definition) is 3. The molecular formula is C12H21ClN2S. The molecule has 0 amide bonds. The number of thiazole rings is 1. The fourth-order valence-electron chi connectivity index (χ4n) is 1.28. The zero-order valence-corrected chi connectivity index (χ0v) is 12.1. The summed E-state index contributed by atoms with van der Waals surface area (Å²) in [5, 5.41) is 6.71. The lowest BCUT2D eigenvalue weighted by atomic mass is 9.93. The van der Waals surface area contributed by atoms with Crippen molar-refractivity contribution in [1.29, 1.82) is 0 Å². The smallest absolute Gasteiger partial charge is 0.107 e. The monoisotopic (exact) mass is 260 g/mol. The average molecular weight is 261 g/mol. The van der Waals surface area contributed by atoms with E-state index in [-0.39, 0.29) is 5.41 Å². The van der Waals surface area contributed by atoms with Gasteiger partial charge in [-0.3, -0.25) is 0 Å². The van der Waals surface area contributed by atoms with Gasteiger partial charge in [0.1, 0.15) is 5.01 Å². The Morgan fingerprint density at radius 2 is 2.19 bits per heavy atom. The Morgan fingerprint density at radius 3 is 2.62 bits per heavy atom. The second-order valence-electron chi connectivity index (χ2n) is 5.02. The van der Waals surface area contributed by atoms with Crippen LogP contribution in [0, 0.1) is 0 Å². The first kappa shape index (κ1) is 13.9. The second-order valence-corrected chi connectivity index (χ2v) is 6.27. The van der Waals surface area contributed by atoms with E-state index in [1.54, 1.807) is 11.3 Å². The summed E-state index contributed by atoms with van der Waals surface area (Å²) in [5.41, 5.74) is 1.32. The van der Waals surface area contributed by atoms with Crippen LogP contribution in [0.15, 0.2) is 5.38 Å². The molecule has 1 heterocycles. The van der Waals surface area contributed by atoms with Crippen molar-refractivity contribution >= 4 is 22.9 Å². The molecule has 1 aromatic heterocycles. The van der Waals surface area contributed by atoms with Gasteiger partial charge in [-0.05, 0) is 6.42 Å². The van der Waals surface area contributed by atoms with Gasteiger partial charge in [-0.2, -0.15) is 0 Å². The third-order valence-electron chi connectivity index (χ3n) is 2.54. The first-order valence-corrected chi connectivity index (χ1v) is 7.13. The second kappa shape index (κ2) is 5.99. The number of hydrogen-bond donors (Lipinski definition) is 1. The Balaban J connectivity index is 2.53. The van der Waals surface area contributed by atoms with Crippen LogP contribution in [0.3, 0.4) is 0 Å². The molecule has 0 aliphatic rings. The van der Waals surface area contributed by atoms with Crippen LogP contribution in [0.1, 0.15) is 44.8 Å². The molecule has 1 atom stereocenters. The van der Waals surface area contributed by atoms with Gasteiger partial charge in [-0.15, -0.1) is 22.9 Å². The zero-order valence-electron chi connectivity index (χ0n) is 10.5. The summed E-state index contributed by atoms with van der Waals surface area (Å²) in [5.74, 6) is 0.661. The van der Waals surface area contributed by atoms with Crippen LogP contribution < -0.4 is 5.32 Å². The third-order valence-corrected chi connectivity index (χ3v) is 3.76. The van der Waals surface area contributed by atoms with Gasteiger partial charge in [0, 0.05) is 29.3 Å². The third kappa shape index (κ3) is 4.04. The molecule has 0 saturated carbocycles. The number of nitrogens with zero attached hydrogens (tertiary/aromatic N) is 1. The minimum absolute atomic E-state index is 0.144. The van der Waals surface area contributed by atoms with Crippen LogP contribution in [-0.4, -0.2) is 16.9 Å². The van der Waals surface area contributed by atoms with Gasteiger partial charge in [-0.1, -0.05) is 27.7 Å². The Bertz CT molecular complexity index is 313. The van der Waals surface area contributed by atoms with Gasteiger partial charge in [0.15, 0.2) is 0 Å². The highest BCUT2D eigenvalue weighted by molar-refractivity contribution is 7.09. The highest BCUT2D eigenvalue weighted by Gasteiger charge is 2.17. The van der Waals surface area contributed by atoms with Crippen molar-refractivity contribution in [2.24, 2.45) is 0 Å². The summed E-state index contributed by atoms with van der Waals surface area (Å²) < 4.78 is 0. The lowest BCUT2D eigenvalue weighted by Gasteiger charge is -2.14. The molecule has 1 unspecified atom stereocenters. The normalized spacial score (nSPS) is 14.1. The molecule has 1 rings (SSSR count). The van der Waals surface area contributed by atoms with Crippen molar-refractivity contribution in [2.75, 3.05) is 5.88 Å². The number of halogens is 1. The Labute approximate surface area is 107 Å². The lowest BCUT2D eigenvalue weighted by molar-refractivity contribution is 0.531. The summed E-state index contributed by atoms with van der Waals surface area (Å²) in [6.45, 7) is 9.53. The lowest BCUT2D eigenvalue weighted by Crippen LogP contribution is -2.29. The van der Waals surface area contributed by atoms with Gasteiger partial charge in [-0.25, -0.2) is 4.98 Å². The van der Waals surface area contributed by atoms with Crippen molar-refractivity contribution in [3.8, 4) is 0 Å². The van der Waals surface area contributed by atoms with E-state index in [2.05, 4.69) is 43.4 Å². The van der Waals surface area contributed by atoms with Crippen LogP contribution in [0.4, 0.5) is 0 Å². The maximum Gasteiger partial charge on any atom is 0.107 e. The molecule has 0 radical (unpaired) electrons. The Morgan fingerprint density at radius 1 is 1.50 bits per heavy atom. The highest BCUT2D eigenvalue weighted by Crippen LogP contribution is 2.23. The van der Waals surface area contributed by atoms with Crippen molar-refractivity contribution in [3.05, 3.63) is 16.1 Å². The fraction of sp³-hybridized carbons (Fsp3) is 0.750. The SMILES string of the molecule is CCC(CCl)NCc1nc(C(C)(C)C)cs1. The van der Waals surface area contributed by atoms with Crippen molar-refractivity contribution in [2.45, 2.75) is 52.1 Å². The van der Waals surface area contributed by atoms with Crippen molar-refractivity contribution in [3.63, 3.8) is 0 Å². The average Bonchev–Trinajstić information content (AvgIpc) is 2.67. The molecule has 0 spiro atoms. The number of nitrogens with one attached hydrogen (secondary N) is 1. The highest BCUT2D eigenvalue weighted by atomic mass is 35.5. The molecule has 0 aliphatic carbocycles. The maximum absolute atomic E-state index is 5.83. The summed E-state index contributed by atoms with van der Waals surface area (Å²) in [4.78, 5) is 4.64. The quantitative estimate of drug-likeness (QED) is 0.819. The fourth-order valence-corrected chi connectivity index (χ4v) is 2.58. The van der Waals surface area contributed by atoms with Crippen molar-refractivity contribution < 1.29 is 0 Å². The van der Waals surface area contributed by atoms with E-state index < -0.39 is 0 Å². The van der Waals surface area contributed by atoms with E-state index in [9.17, 15) is 0 Å². The van der Waals surface area contributed by atoms with Crippen LogP contribution in [0.25, 0.3) is 0 Å². The molecule has 0 saturated heterocycles. The largest absolute Gasteiger partial charge is 0.306 e. The Kier molecular flexibility index (Phi) is 5.22. The van der Waals surface area contributed by atoms with E-state index in [1.165, 1.54) is 5.69 Å². The minimum Gasteiger partial charge on any atom is -0.306 e. The van der Waals surface area contributed by atoms with Gasteiger partial charge in [0.05, 0.1) is 5.69 Å². The number of rotatable bonds is 5. The molecule has 92 valence electrons. The van der Waals surface area contributed by atoms with E-state index in [1.807, 2.05) is 0 Å². The molecule has 0 aromatic carbocycles. The Hall–Kier alpha value is -0.120. The molecule has 0 bridgehead atoms. The maximum atomic E-state index is 5.83. The number of aromatic nitrogens is 1. The van der Waals surface area contributed by atoms with Crippen LogP contribution >= 0.6 is 22.9 Å². The minimum atomic E-state index is 0.144. The van der Waals surface area contributed by atoms with Crippen LogP contribution in [0.2, 0.25) is 0 Å². The van der Waals surface area contributed by atoms with E-state index in [4.69, 9.17) is 11.6 Å². The molecular weight excluding hydrogens is 240 g/mol. The molecule has 0 fully saturated rings. The van der Waals surface area contributed by atoms with E-state index >= 15 is 0 Å². The summed E-state index contributed by atoms with van der Waals surface area (Å²) in [6.07, 6.45) is 1.06. The summed E-state index contributed by atoms with van der Waals surface area (Å²) in [7, 11) is 0. The molecule has 1 aromatic rings. The summed E-state index contributed by atoms with van der Waals surface area (Å²) >= 11 is 7.55. The van der Waals surface area contributed by atoms with Crippen molar-refractivity contribution in [1.82, 2.24) is 10.3 Å². The molecule has 4 heteroatoms. The predicted octanol–water partition coefficient (Wildman–Crippen LogP) is 3.55. The first-order valence-electron chi connectivity index (χ1n) is 5.71. The zero-order chi connectivity index (χ0) is 12.2. The molecule has 1 N–H and O–H groups in total. The number of alkyl halides is 1. The standard InChI is InChI=1S/C12H21ClN2S/c1-5-9(6-13)14-7-11-15-10(8-16-11)12(2,3)4/h8-9,14H,5-7H2,1-4H3. The summed E-state index contributed by atoms with van der Waals surface area (Å²) in [6, 6.07) is 0.392. The van der Waals surface area contributed by atoms with Crippen LogP contribution in [-0.2, 0) is 12.0 Å². The van der Waals surface area contributed by atoms with Gasteiger partial charge in [0.2, 0.25) is 0 Å². The van der Waals surface area contributed by atoms with E-state index in [0.29, 0.717) is 11.9 Å². The van der Waals surface area contributed by atoms with Gasteiger partial charge < -0.3 is 5.32 Å². The van der Waals surface area contributed by atoms with Gasteiger partial charge >= 0.3 is 0 Å². The predicted molar refractivity (Wildman–Crippen MR) is 72.5 cm³/mol. The first-order chi connectivity index (χ1) is 7.47. The van der Waals surface area contributed by atoms with Gasteiger partial charge in [0.25, 0.3) is 0 Å². The van der Waals surface area contributed by atoms with E-state index in [0.717, 1.165) is 18.0 Å². The molecule has 16 heavy (non-hydrogen) atoms. The molecule has 0 aliphatic heterocycles. The topological polar surface area (TPSA) is 24.9 Å². The van der Waals surface area contributed by atoms with Crippen LogP contribution in [0.5, 0.6) is 0 Å². The molecule has 2 nitrogen and oxygen atoms in total.